The third-order valence-corrected chi connectivity index (χ3v) is 4.61. The molecule has 0 bridgehead atoms. The van der Waals surface area contributed by atoms with Crippen LogP contribution in [0.3, 0.4) is 0 Å². The zero-order chi connectivity index (χ0) is 20.0. The molecule has 144 valence electrons. The molecule has 1 amide bonds. The Hall–Kier alpha value is -3.62. The van der Waals surface area contributed by atoms with Crippen molar-refractivity contribution in [3.63, 3.8) is 0 Å². The van der Waals surface area contributed by atoms with Gasteiger partial charge in [0.25, 0.3) is 11.5 Å². The second kappa shape index (κ2) is 6.52. The van der Waals surface area contributed by atoms with Crippen molar-refractivity contribution < 1.29 is 9.21 Å². The zero-order valence-electron chi connectivity index (χ0n) is 16.1. The van der Waals surface area contributed by atoms with E-state index in [0.717, 1.165) is 22.6 Å². The number of carbonyl (C=O) groups is 1. The standard InChI is InChI=1S/C19H20N6O3/c1-11-5-14(12(2)28-11)16-10-25-9-15(22-17(25)19(27)24(16)4)18(26)20-6-13-7-21-23(3)8-13/h5,7-10H,6H2,1-4H3,(H,20,26). The van der Waals surface area contributed by atoms with E-state index < -0.39 is 0 Å². The molecule has 4 rings (SSSR count). The summed E-state index contributed by atoms with van der Waals surface area (Å²) in [4.78, 5) is 29.5. The van der Waals surface area contributed by atoms with E-state index in [0.29, 0.717) is 12.2 Å². The van der Waals surface area contributed by atoms with E-state index in [1.807, 2.05) is 33.2 Å². The van der Waals surface area contributed by atoms with Crippen LogP contribution < -0.4 is 10.9 Å². The van der Waals surface area contributed by atoms with Crippen LogP contribution in [0, 0.1) is 13.8 Å². The topological polar surface area (TPSA) is 99.4 Å². The van der Waals surface area contributed by atoms with Gasteiger partial charge in [0.15, 0.2) is 0 Å². The van der Waals surface area contributed by atoms with Gasteiger partial charge in [-0.2, -0.15) is 5.10 Å². The van der Waals surface area contributed by atoms with Crippen molar-refractivity contribution in [2.24, 2.45) is 14.1 Å². The molecule has 0 unspecified atom stereocenters. The number of imidazole rings is 1. The van der Waals surface area contributed by atoms with Gasteiger partial charge < -0.3 is 14.3 Å². The minimum atomic E-state index is -0.355. The van der Waals surface area contributed by atoms with Gasteiger partial charge in [-0.15, -0.1) is 0 Å². The van der Waals surface area contributed by atoms with Crippen molar-refractivity contribution in [2.75, 3.05) is 0 Å². The van der Waals surface area contributed by atoms with Gasteiger partial charge in [-0.3, -0.25) is 18.7 Å². The van der Waals surface area contributed by atoms with E-state index in [1.54, 1.807) is 34.7 Å². The fourth-order valence-corrected chi connectivity index (χ4v) is 3.21. The summed E-state index contributed by atoms with van der Waals surface area (Å²) in [6, 6.07) is 1.88. The fraction of sp³-hybridized carbons (Fsp3) is 0.263. The largest absolute Gasteiger partial charge is 0.466 e. The van der Waals surface area contributed by atoms with Gasteiger partial charge in [-0.1, -0.05) is 0 Å². The van der Waals surface area contributed by atoms with Gasteiger partial charge in [-0.25, -0.2) is 4.98 Å². The summed E-state index contributed by atoms with van der Waals surface area (Å²) in [6.07, 6.45) is 6.84. The Morgan fingerprint density at radius 1 is 1.21 bits per heavy atom. The van der Waals surface area contributed by atoms with Crippen molar-refractivity contribution >= 4 is 11.6 Å². The molecule has 4 aromatic heterocycles. The molecule has 0 atom stereocenters. The average molecular weight is 380 g/mol. The predicted molar refractivity (Wildman–Crippen MR) is 102 cm³/mol. The lowest BCUT2D eigenvalue weighted by Gasteiger charge is -2.07. The Morgan fingerprint density at radius 3 is 2.64 bits per heavy atom. The summed E-state index contributed by atoms with van der Waals surface area (Å²) in [5.41, 5.74) is 2.47. The highest BCUT2D eigenvalue weighted by atomic mass is 16.3. The molecule has 0 spiro atoms. The molecule has 0 fully saturated rings. The summed E-state index contributed by atoms with van der Waals surface area (Å²) in [7, 11) is 3.49. The van der Waals surface area contributed by atoms with E-state index >= 15 is 0 Å². The third-order valence-electron chi connectivity index (χ3n) is 4.61. The van der Waals surface area contributed by atoms with E-state index in [2.05, 4.69) is 15.4 Å². The molecule has 0 radical (unpaired) electrons. The summed E-state index contributed by atoms with van der Waals surface area (Å²) >= 11 is 0. The smallest absolute Gasteiger partial charge is 0.294 e. The first kappa shape index (κ1) is 17.8. The first-order valence-electron chi connectivity index (χ1n) is 8.75. The molecule has 28 heavy (non-hydrogen) atoms. The Kier molecular flexibility index (Phi) is 4.14. The van der Waals surface area contributed by atoms with Crippen LogP contribution in [-0.4, -0.2) is 29.6 Å². The molecule has 0 aromatic carbocycles. The molecule has 0 aliphatic rings. The van der Waals surface area contributed by atoms with Gasteiger partial charge in [0.05, 0.1) is 11.9 Å². The molecule has 0 aliphatic heterocycles. The number of hydrogen-bond acceptors (Lipinski definition) is 5. The maximum absolute atomic E-state index is 12.8. The van der Waals surface area contributed by atoms with E-state index in [1.165, 1.54) is 4.57 Å². The van der Waals surface area contributed by atoms with Crippen LogP contribution >= 0.6 is 0 Å². The highest BCUT2D eigenvalue weighted by Crippen LogP contribution is 2.25. The molecule has 1 N–H and O–H groups in total. The number of furan rings is 1. The van der Waals surface area contributed by atoms with Crippen molar-refractivity contribution in [1.29, 1.82) is 0 Å². The number of hydrogen-bond donors (Lipinski definition) is 1. The number of fused-ring (bicyclic) bond motifs is 1. The summed E-state index contributed by atoms with van der Waals surface area (Å²) < 4.78 is 10.3. The number of amides is 1. The monoisotopic (exact) mass is 380 g/mol. The van der Waals surface area contributed by atoms with E-state index in [9.17, 15) is 9.59 Å². The minimum Gasteiger partial charge on any atom is -0.466 e. The van der Waals surface area contributed by atoms with Crippen LogP contribution in [0.25, 0.3) is 16.9 Å². The zero-order valence-corrected chi connectivity index (χ0v) is 16.1. The molecule has 4 heterocycles. The highest BCUT2D eigenvalue weighted by molar-refractivity contribution is 5.92. The van der Waals surface area contributed by atoms with Crippen LogP contribution in [0.1, 0.15) is 27.6 Å². The van der Waals surface area contributed by atoms with Crippen molar-refractivity contribution in [3.05, 3.63) is 64.0 Å². The second-order valence-corrected chi connectivity index (χ2v) is 6.77. The van der Waals surface area contributed by atoms with E-state index in [-0.39, 0.29) is 22.8 Å². The average Bonchev–Trinajstić information content (AvgIpc) is 3.34. The summed E-state index contributed by atoms with van der Waals surface area (Å²) in [5, 5.41) is 6.85. The predicted octanol–water partition coefficient (Wildman–Crippen LogP) is 1.57. The second-order valence-electron chi connectivity index (χ2n) is 6.77. The molecular weight excluding hydrogens is 360 g/mol. The lowest BCUT2D eigenvalue weighted by molar-refractivity contribution is 0.0946. The maximum atomic E-state index is 12.8. The number of rotatable bonds is 4. The van der Waals surface area contributed by atoms with Crippen LogP contribution in [0.2, 0.25) is 0 Å². The number of nitrogens with one attached hydrogen (secondary N) is 1. The van der Waals surface area contributed by atoms with Crippen molar-refractivity contribution in [3.8, 4) is 11.3 Å². The molecule has 9 nitrogen and oxygen atoms in total. The highest BCUT2D eigenvalue weighted by Gasteiger charge is 2.17. The molecule has 0 saturated carbocycles. The lowest BCUT2D eigenvalue weighted by Crippen LogP contribution is -2.23. The number of carbonyl (C=O) groups excluding carboxylic acids is 1. The number of nitrogens with zero attached hydrogens (tertiary/aromatic N) is 5. The first-order valence-corrected chi connectivity index (χ1v) is 8.75. The molecule has 0 saturated heterocycles. The lowest BCUT2D eigenvalue weighted by atomic mass is 10.2. The molecule has 0 aliphatic carbocycles. The number of aromatic nitrogens is 5. The first-order chi connectivity index (χ1) is 13.3. The van der Waals surface area contributed by atoms with Crippen LogP contribution in [-0.2, 0) is 20.6 Å². The van der Waals surface area contributed by atoms with Gasteiger partial charge in [-0.05, 0) is 19.9 Å². The summed E-state index contributed by atoms with van der Waals surface area (Å²) in [5.74, 6) is 1.13. The van der Waals surface area contributed by atoms with Gasteiger partial charge in [0, 0.05) is 50.4 Å². The van der Waals surface area contributed by atoms with Gasteiger partial charge in [0.2, 0.25) is 5.65 Å². The van der Waals surface area contributed by atoms with Gasteiger partial charge >= 0.3 is 0 Å². The van der Waals surface area contributed by atoms with Crippen LogP contribution in [0.4, 0.5) is 0 Å². The van der Waals surface area contributed by atoms with Crippen molar-refractivity contribution in [1.82, 2.24) is 29.0 Å². The van der Waals surface area contributed by atoms with Crippen LogP contribution in [0.15, 0.2) is 40.1 Å². The fourth-order valence-electron chi connectivity index (χ4n) is 3.21. The Bertz CT molecular complexity index is 1260. The molecular formula is C19H20N6O3. The Balaban J connectivity index is 1.69. The van der Waals surface area contributed by atoms with Crippen LogP contribution in [0.5, 0.6) is 0 Å². The normalized spacial score (nSPS) is 11.3. The van der Waals surface area contributed by atoms with Gasteiger partial charge in [0.1, 0.15) is 17.2 Å². The maximum Gasteiger partial charge on any atom is 0.294 e. The molecule has 9 heteroatoms. The number of aryl methyl sites for hydroxylation is 3. The third kappa shape index (κ3) is 3.00. The minimum absolute atomic E-state index is 0.179. The SMILES string of the molecule is Cc1cc(-c2cn3cc(C(=O)NCc4cnn(C)c4)nc3c(=O)n2C)c(C)o1. The van der Waals surface area contributed by atoms with Crippen molar-refractivity contribution in [2.45, 2.75) is 20.4 Å². The Labute approximate surface area is 160 Å². The summed E-state index contributed by atoms with van der Waals surface area (Å²) in [6.45, 7) is 4.04. The Morgan fingerprint density at radius 2 is 2.00 bits per heavy atom. The molecule has 4 aromatic rings. The van der Waals surface area contributed by atoms with E-state index in [4.69, 9.17) is 4.42 Å². The quantitative estimate of drug-likeness (QED) is 0.579.